The number of imidazole rings is 1. The fourth-order valence-corrected chi connectivity index (χ4v) is 3.31. The van der Waals surface area contributed by atoms with Gasteiger partial charge in [0.25, 0.3) is 0 Å². The molecule has 1 aliphatic rings. The molecule has 10 heteroatoms. The lowest BCUT2D eigenvalue weighted by Crippen LogP contribution is -2.26. The van der Waals surface area contributed by atoms with Crippen molar-refractivity contribution in [3.8, 4) is 29.1 Å². The quantitative estimate of drug-likeness (QED) is 0.450. The van der Waals surface area contributed by atoms with Gasteiger partial charge in [0.05, 0.1) is 12.8 Å². The van der Waals surface area contributed by atoms with Gasteiger partial charge in [-0.25, -0.2) is 14.6 Å². The molecule has 1 saturated carbocycles. The molecule has 0 amide bonds. The number of anilines is 1. The van der Waals surface area contributed by atoms with E-state index in [1.54, 1.807) is 20.0 Å². The van der Waals surface area contributed by atoms with E-state index < -0.39 is 5.60 Å². The highest BCUT2D eigenvalue weighted by atomic mass is 16.6. The molecule has 4 N–H and O–H groups in total. The molecule has 3 heterocycles. The summed E-state index contributed by atoms with van der Waals surface area (Å²) in [6.45, 7) is 9.37. The van der Waals surface area contributed by atoms with Crippen LogP contribution < -0.4 is 15.8 Å². The third-order valence-corrected chi connectivity index (χ3v) is 5.12. The number of hydrogen-bond donors (Lipinski definition) is 3. The monoisotopic (exact) mass is 439 g/mol. The highest BCUT2D eigenvalue weighted by molar-refractivity contribution is 5.89. The fourth-order valence-electron chi connectivity index (χ4n) is 3.31. The summed E-state index contributed by atoms with van der Waals surface area (Å²) in [5.74, 6) is 7.31. The Morgan fingerprint density at radius 2 is 2.19 bits per heavy atom. The Hall–Kier alpha value is -3.16. The summed E-state index contributed by atoms with van der Waals surface area (Å²) in [5, 5.41) is 21.1. The van der Waals surface area contributed by atoms with Gasteiger partial charge >= 0.3 is 0 Å². The first kappa shape index (κ1) is 22.0. The molecule has 3 aromatic heterocycles. The fraction of sp³-hybridized carbons (Fsp3) is 0.545. The molecule has 0 bridgehead atoms. The lowest BCUT2D eigenvalue weighted by Gasteiger charge is -2.15. The number of nitrogen functional groups attached to an aromatic ring is 1. The molecular weight excluding hydrogens is 410 g/mol. The normalized spacial score (nSPS) is 14.9. The van der Waals surface area contributed by atoms with Gasteiger partial charge in [-0.1, -0.05) is 12.8 Å². The zero-order chi connectivity index (χ0) is 22.9. The van der Waals surface area contributed by atoms with Gasteiger partial charge in [0.2, 0.25) is 0 Å². The number of ether oxygens (including phenoxy) is 1. The van der Waals surface area contributed by atoms with E-state index >= 15 is 0 Å². The van der Waals surface area contributed by atoms with Gasteiger partial charge in [-0.15, -0.1) is 0 Å². The molecule has 0 saturated heterocycles. The second kappa shape index (κ2) is 8.76. The van der Waals surface area contributed by atoms with Crippen LogP contribution in [0.3, 0.4) is 0 Å². The number of pyridine rings is 1. The van der Waals surface area contributed by atoms with Gasteiger partial charge < -0.3 is 25.5 Å². The predicted octanol–water partition coefficient (Wildman–Crippen LogP) is 1.97. The molecule has 10 nitrogen and oxygen atoms in total. The highest BCUT2D eigenvalue weighted by Crippen LogP contribution is 2.33. The summed E-state index contributed by atoms with van der Waals surface area (Å²) < 4.78 is 12.9. The zero-order valence-electron chi connectivity index (χ0n) is 18.8. The second-order valence-corrected chi connectivity index (χ2v) is 8.75. The van der Waals surface area contributed by atoms with E-state index in [0.29, 0.717) is 53.6 Å². The number of nitrogens with one attached hydrogen (secondary N) is 1. The Bertz CT molecular complexity index is 1160. The lowest BCUT2D eigenvalue weighted by atomic mass is 10.1. The van der Waals surface area contributed by atoms with Crippen LogP contribution in [-0.2, 0) is 6.54 Å². The summed E-state index contributed by atoms with van der Waals surface area (Å²) in [6.07, 6.45) is 4.16. The van der Waals surface area contributed by atoms with Gasteiger partial charge in [-0.3, -0.25) is 0 Å². The zero-order valence-corrected chi connectivity index (χ0v) is 18.8. The number of aryl methyl sites for hydroxylation is 1. The minimum Gasteiger partial charge on any atom is -0.489 e. The number of rotatable bonds is 8. The number of aliphatic hydroxyl groups is 1. The Labute approximate surface area is 186 Å². The van der Waals surface area contributed by atoms with Crippen molar-refractivity contribution in [2.75, 3.05) is 18.9 Å². The SMILES string of the molecule is CCn1c(-c2nonc2N)nc2c(C#CC(C)(C)O)ncc(OC[C@@H](C)CNC3CC3)c21. The third kappa shape index (κ3) is 4.84. The molecule has 1 fully saturated rings. The largest absolute Gasteiger partial charge is 0.489 e. The summed E-state index contributed by atoms with van der Waals surface area (Å²) >= 11 is 0. The number of nitrogens with zero attached hydrogens (tertiary/aromatic N) is 5. The average Bonchev–Trinajstić information content (AvgIpc) is 3.36. The van der Waals surface area contributed by atoms with E-state index in [0.717, 1.165) is 12.1 Å². The number of nitrogens with two attached hydrogens (primary N) is 1. The molecule has 0 spiro atoms. The first-order valence-electron chi connectivity index (χ1n) is 10.9. The molecule has 1 atom stereocenters. The van der Waals surface area contributed by atoms with Crippen LogP contribution in [0.25, 0.3) is 22.6 Å². The van der Waals surface area contributed by atoms with Gasteiger partial charge in [0.15, 0.2) is 23.1 Å². The van der Waals surface area contributed by atoms with Crippen molar-refractivity contribution >= 4 is 16.9 Å². The summed E-state index contributed by atoms with van der Waals surface area (Å²) in [7, 11) is 0. The van der Waals surface area contributed by atoms with Crippen LogP contribution in [-0.4, -0.2) is 54.7 Å². The van der Waals surface area contributed by atoms with E-state index in [9.17, 15) is 5.11 Å². The minimum atomic E-state index is -1.16. The number of fused-ring (bicyclic) bond motifs is 1. The Balaban J connectivity index is 1.75. The van der Waals surface area contributed by atoms with Gasteiger partial charge in [-0.2, -0.15) is 0 Å². The molecule has 0 aliphatic heterocycles. The van der Waals surface area contributed by atoms with Crippen LogP contribution in [0, 0.1) is 17.8 Å². The standard InChI is InChI=1S/C22H29N7O3/c1-5-29-19-16(31-12-13(2)10-24-14-6-7-14)11-25-15(8-9-22(3,4)30)17(19)26-21(29)18-20(23)28-32-27-18/h11,13-14,24,30H,5-7,10,12H2,1-4H3,(H2,23,28)/t13-/m0/s1. The molecule has 0 radical (unpaired) electrons. The van der Waals surface area contributed by atoms with Crippen molar-refractivity contribution in [2.45, 2.75) is 58.7 Å². The lowest BCUT2D eigenvalue weighted by molar-refractivity contribution is 0.143. The van der Waals surface area contributed by atoms with Gasteiger partial charge in [0.1, 0.15) is 22.3 Å². The van der Waals surface area contributed by atoms with E-state index in [1.807, 2.05) is 11.5 Å². The molecule has 32 heavy (non-hydrogen) atoms. The molecule has 0 aromatic carbocycles. The smallest absolute Gasteiger partial charge is 0.199 e. The molecule has 170 valence electrons. The Morgan fingerprint density at radius 1 is 1.41 bits per heavy atom. The van der Waals surface area contributed by atoms with E-state index in [4.69, 9.17) is 20.1 Å². The highest BCUT2D eigenvalue weighted by Gasteiger charge is 2.24. The number of hydrogen-bond acceptors (Lipinski definition) is 9. The van der Waals surface area contributed by atoms with Crippen LogP contribution in [0.15, 0.2) is 10.8 Å². The first-order valence-corrected chi connectivity index (χ1v) is 10.9. The van der Waals surface area contributed by atoms with Crippen LogP contribution >= 0.6 is 0 Å². The maximum atomic E-state index is 10.0. The maximum Gasteiger partial charge on any atom is 0.199 e. The van der Waals surface area contributed by atoms with Crippen molar-refractivity contribution < 1.29 is 14.5 Å². The summed E-state index contributed by atoms with van der Waals surface area (Å²) in [6, 6.07) is 0.657. The van der Waals surface area contributed by atoms with E-state index in [-0.39, 0.29) is 5.82 Å². The van der Waals surface area contributed by atoms with E-state index in [2.05, 4.69) is 39.4 Å². The summed E-state index contributed by atoms with van der Waals surface area (Å²) in [4.78, 5) is 9.20. The first-order chi connectivity index (χ1) is 15.3. The third-order valence-electron chi connectivity index (χ3n) is 5.12. The number of aromatic nitrogens is 5. The van der Waals surface area contributed by atoms with Crippen molar-refractivity contribution in [3.63, 3.8) is 0 Å². The van der Waals surface area contributed by atoms with Gasteiger partial charge in [0, 0.05) is 25.0 Å². The van der Waals surface area contributed by atoms with E-state index in [1.165, 1.54) is 12.8 Å². The molecule has 0 unspecified atom stereocenters. The van der Waals surface area contributed by atoms with Crippen LogP contribution in [0.4, 0.5) is 5.82 Å². The molecular formula is C22H29N7O3. The molecule has 1 aliphatic carbocycles. The Morgan fingerprint density at radius 3 is 2.81 bits per heavy atom. The Kier molecular flexibility index (Phi) is 6.04. The molecule has 3 aromatic rings. The average molecular weight is 440 g/mol. The summed E-state index contributed by atoms with van der Waals surface area (Å²) in [5.41, 5.74) is 6.83. The van der Waals surface area contributed by atoms with Crippen LogP contribution in [0.1, 0.15) is 46.2 Å². The van der Waals surface area contributed by atoms with Gasteiger partial charge in [-0.05, 0) is 49.8 Å². The minimum absolute atomic E-state index is 0.148. The second-order valence-electron chi connectivity index (χ2n) is 8.75. The van der Waals surface area contributed by atoms with Crippen molar-refractivity contribution in [2.24, 2.45) is 5.92 Å². The maximum absolute atomic E-state index is 10.0. The van der Waals surface area contributed by atoms with Crippen molar-refractivity contribution in [1.82, 2.24) is 30.2 Å². The topological polar surface area (TPSA) is 137 Å². The predicted molar refractivity (Wildman–Crippen MR) is 120 cm³/mol. The van der Waals surface area contributed by atoms with Crippen molar-refractivity contribution in [1.29, 1.82) is 0 Å². The van der Waals surface area contributed by atoms with Crippen LogP contribution in [0.5, 0.6) is 5.75 Å². The molecule has 4 rings (SSSR count). The van der Waals surface area contributed by atoms with Crippen molar-refractivity contribution in [3.05, 3.63) is 11.9 Å². The van der Waals surface area contributed by atoms with Crippen LogP contribution in [0.2, 0.25) is 0 Å².